The monoisotopic (exact) mass is 212 g/mol. The summed E-state index contributed by atoms with van der Waals surface area (Å²) in [5.74, 6) is 0.609. The maximum absolute atomic E-state index is 11.8. The first kappa shape index (κ1) is 12.5. The fourth-order valence-electron chi connectivity index (χ4n) is 2.42. The lowest BCUT2D eigenvalue weighted by atomic mass is 9.88. The van der Waals surface area contributed by atoms with Gasteiger partial charge in [-0.25, -0.2) is 0 Å². The van der Waals surface area contributed by atoms with Crippen LogP contribution in [-0.2, 0) is 4.79 Å². The van der Waals surface area contributed by atoms with Gasteiger partial charge in [0.05, 0.1) is 0 Å². The van der Waals surface area contributed by atoms with Crippen LogP contribution in [0.4, 0.5) is 0 Å². The van der Waals surface area contributed by atoms with Crippen molar-refractivity contribution < 1.29 is 4.79 Å². The third-order valence-corrected chi connectivity index (χ3v) is 3.69. The molecule has 1 fully saturated rings. The van der Waals surface area contributed by atoms with Crippen LogP contribution in [0.2, 0.25) is 0 Å². The Morgan fingerprint density at radius 3 is 2.60 bits per heavy atom. The third-order valence-electron chi connectivity index (χ3n) is 3.69. The molecule has 1 heterocycles. The highest BCUT2D eigenvalue weighted by molar-refractivity contribution is 5.80. The standard InChI is InChI=1S/C12H24N2O/c1-4-5-6-7-14-11(15)8-10(9-13)12(14,2)3/h10H,4-9,13H2,1-3H3. The summed E-state index contributed by atoms with van der Waals surface area (Å²) in [6, 6.07) is 0. The number of likely N-dealkylation sites (tertiary alicyclic amines) is 1. The Balaban J connectivity index is 2.58. The van der Waals surface area contributed by atoms with E-state index in [0.29, 0.717) is 18.9 Å². The molecule has 0 bridgehead atoms. The first-order valence-corrected chi connectivity index (χ1v) is 6.04. The van der Waals surface area contributed by atoms with Crippen molar-refractivity contribution in [3.8, 4) is 0 Å². The van der Waals surface area contributed by atoms with Gasteiger partial charge in [0, 0.05) is 24.4 Å². The summed E-state index contributed by atoms with van der Waals surface area (Å²) in [4.78, 5) is 13.9. The van der Waals surface area contributed by atoms with Crippen molar-refractivity contribution in [2.45, 2.75) is 52.0 Å². The molecule has 0 saturated carbocycles. The van der Waals surface area contributed by atoms with E-state index in [1.807, 2.05) is 4.90 Å². The van der Waals surface area contributed by atoms with Crippen LogP contribution in [0.15, 0.2) is 0 Å². The summed E-state index contributed by atoms with van der Waals surface area (Å²) in [5.41, 5.74) is 5.67. The lowest BCUT2D eigenvalue weighted by Gasteiger charge is -2.35. The molecule has 0 aromatic heterocycles. The molecule has 1 aliphatic rings. The van der Waals surface area contributed by atoms with Gasteiger partial charge < -0.3 is 10.6 Å². The molecule has 15 heavy (non-hydrogen) atoms. The maximum atomic E-state index is 11.8. The molecule has 1 unspecified atom stereocenters. The smallest absolute Gasteiger partial charge is 0.223 e. The fourth-order valence-corrected chi connectivity index (χ4v) is 2.42. The lowest BCUT2D eigenvalue weighted by Crippen LogP contribution is -2.46. The van der Waals surface area contributed by atoms with Crippen molar-refractivity contribution >= 4 is 5.91 Å². The van der Waals surface area contributed by atoms with E-state index < -0.39 is 0 Å². The number of carbonyl (C=O) groups is 1. The van der Waals surface area contributed by atoms with Gasteiger partial charge in [0.25, 0.3) is 0 Å². The minimum atomic E-state index is -0.0421. The predicted octanol–water partition coefficient (Wildman–Crippen LogP) is 1.76. The van der Waals surface area contributed by atoms with E-state index in [9.17, 15) is 4.79 Å². The van der Waals surface area contributed by atoms with Gasteiger partial charge in [0.2, 0.25) is 5.91 Å². The summed E-state index contributed by atoms with van der Waals surface area (Å²) in [7, 11) is 0. The van der Waals surface area contributed by atoms with Crippen molar-refractivity contribution in [3.05, 3.63) is 0 Å². The van der Waals surface area contributed by atoms with Crippen LogP contribution < -0.4 is 5.73 Å². The molecule has 0 aromatic rings. The minimum Gasteiger partial charge on any atom is -0.337 e. The summed E-state index contributed by atoms with van der Waals surface area (Å²) < 4.78 is 0. The van der Waals surface area contributed by atoms with E-state index in [-0.39, 0.29) is 11.4 Å². The van der Waals surface area contributed by atoms with Gasteiger partial charge in [0.15, 0.2) is 0 Å². The molecule has 1 saturated heterocycles. The molecule has 3 heteroatoms. The van der Waals surface area contributed by atoms with Crippen LogP contribution in [-0.4, -0.2) is 29.4 Å². The highest BCUT2D eigenvalue weighted by atomic mass is 16.2. The molecular weight excluding hydrogens is 188 g/mol. The van der Waals surface area contributed by atoms with E-state index in [1.54, 1.807) is 0 Å². The van der Waals surface area contributed by atoms with E-state index in [0.717, 1.165) is 13.0 Å². The summed E-state index contributed by atoms with van der Waals surface area (Å²) in [5, 5.41) is 0. The molecule has 0 aliphatic carbocycles. The second kappa shape index (κ2) is 4.97. The van der Waals surface area contributed by atoms with E-state index in [1.165, 1.54) is 12.8 Å². The van der Waals surface area contributed by atoms with Crippen molar-refractivity contribution in [3.63, 3.8) is 0 Å². The zero-order chi connectivity index (χ0) is 11.5. The van der Waals surface area contributed by atoms with Gasteiger partial charge in [0.1, 0.15) is 0 Å². The minimum absolute atomic E-state index is 0.0421. The van der Waals surface area contributed by atoms with Crippen molar-refractivity contribution in [2.75, 3.05) is 13.1 Å². The molecule has 88 valence electrons. The van der Waals surface area contributed by atoms with E-state index in [2.05, 4.69) is 20.8 Å². The lowest BCUT2D eigenvalue weighted by molar-refractivity contribution is -0.130. The zero-order valence-corrected chi connectivity index (χ0v) is 10.3. The van der Waals surface area contributed by atoms with Gasteiger partial charge in [-0.1, -0.05) is 19.8 Å². The van der Waals surface area contributed by atoms with Gasteiger partial charge in [-0.15, -0.1) is 0 Å². The first-order chi connectivity index (χ1) is 7.04. The molecular formula is C12H24N2O. The predicted molar refractivity (Wildman–Crippen MR) is 62.5 cm³/mol. The summed E-state index contributed by atoms with van der Waals surface area (Å²) >= 11 is 0. The SMILES string of the molecule is CCCCCN1C(=O)CC(CN)C1(C)C. The molecule has 1 aliphatic heterocycles. The van der Waals surface area contributed by atoms with Gasteiger partial charge in [-0.05, 0) is 26.8 Å². The topological polar surface area (TPSA) is 46.3 Å². The van der Waals surface area contributed by atoms with Crippen LogP contribution in [0.3, 0.4) is 0 Å². The van der Waals surface area contributed by atoms with Crippen molar-refractivity contribution in [1.29, 1.82) is 0 Å². The number of nitrogens with two attached hydrogens (primary N) is 1. The van der Waals surface area contributed by atoms with E-state index in [4.69, 9.17) is 5.73 Å². The van der Waals surface area contributed by atoms with Crippen LogP contribution in [0, 0.1) is 5.92 Å². The Bertz CT molecular complexity index is 226. The quantitative estimate of drug-likeness (QED) is 0.706. The Morgan fingerprint density at radius 1 is 1.47 bits per heavy atom. The molecule has 0 aromatic carbocycles. The van der Waals surface area contributed by atoms with Crippen LogP contribution in [0.25, 0.3) is 0 Å². The van der Waals surface area contributed by atoms with Crippen LogP contribution >= 0.6 is 0 Å². The molecule has 3 nitrogen and oxygen atoms in total. The number of rotatable bonds is 5. The Morgan fingerprint density at radius 2 is 2.13 bits per heavy atom. The maximum Gasteiger partial charge on any atom is 0.223 e. The third kappa shape index (κ3) is 2.51. The Kier molecular flexibility index (Phi) is 4.14. The Labute approximate surface area is 93.0 Å². The van der Waals surface area contributed by atoms with Crippen molar-refractivity contribution in [2.24, 2.45) is 11.7 Å². The number of hydrogen-bond acceptors (Lipinski definition) is 2. The molecule has 0 radical (unpaired) electrons. The zero-order valence-electron chi connectivity index (χ0n) is 10.3. The molecule has 1 atom stereocenters. The number of unbranched alkanes of at least 4 members (excludes halogenated alkanes) is 2. The van der Waals surface area contributed by atoms with Gasteiger partial charge in [-0.2, -0.15) is 0 Å². The highest BCUT2D eigenvalue weighted by Gasteiger charge is 2.44. The fraction of sp³-hybridized carbons (Fsp3) is 0.917. The number of carbonyl (C=O) groups excluding carboxylic acids is 1. The average molecular weight is 212 g/mol. The first-order valence-electron chi connectivity index (χ1n) is 6.04. The van der Waals surface area contributed by atoms with Crippen molar-refractivity contribution in [1.82, 2.24) is 4.90 Å². The normalized spacial score (nSPS) is 24.9. The summed E-state index contributed by atoms with van der Waals surface area (Å²) in [6.07, 6.45) is 4.15. The van der Waals surface area contributed by atoms with E-state index >= 15 is 0 Å². The second-order valence-electron chi connectivity index (χ2n) is 5.04. The van der Waals surface area contributed by atoms with Gasteiger partial charge >= 0.3 is 0 Å². The van der Waals surface area contributed by atoms with Crippen LogP contribution in [0.5, 0.6) is 0 Å². The second-order valence-corrected chi connectivity index (χ2v) is 5.04. The molecule has 1 rings (SSSR count). The number of hydrogen-bond donors (Lipinski definition) is 1. The summed E-state index contributed by atoms with van der Waals surface area (Å²) in [6.45, 7) is 7.97. The van der Waals surface area contributed by atoms with Crippen LogP contribution in [0.1, 0.15) is 46.5 Å². The molecule has 1 amide bonds. The largest absolute Gasteiger partial charge is 0.337 e. The average Bonchev–Trinajstić information content (AvgIpc) is 2.40. The van der Waals surface area contributed by atoms with Gasteiger partial charge in [-0.3, -0.25) is 4.79 Å². The number of amides is 1. The highest BCUT2D eigenvalue weighted by Crippen LogP contribution is 2.34. The molecule has 2 N–H and O–H groups in total. The number of nitrogens with zero attached hydrogens (tertiary/aromatic N) is 1. The Hall–Kier alpha value is -0.570. The molecule has 0 spiro atoms.